The van der Waals surface area contributed by atoms with E-state index < -0.39 is 6.04 Å². The summed E-state index contributed by atoms with van der Waals surface area (Å²) in [7, 11) is 1.57. The minimum atomic E-state index is -0.524. The molecular formula is C25H22ClN3O5. The first-order valence-electron chi connectivity index (χ1n) is 10.7. The van der Waals surface area contributed by atoms with Crippen LogP contribution in [0.3, 0.4) is 0 Å². The number of methoxy groups -OCH3 is 1. The third kappa shape index (κ3) is 3.66. The van der Waals surface area contributed by atoms with Gasteiger partial charge in [0.05, 0.1) is 32.6 Å². The van der Waals surface area contributed by atoms with Crippen molar-refractivity contribution in [2.75, 3.05) is 13.7 Å². The molecule has 0 radical (unpaired) electrons. The maximum Gasteiger partial charge on any atom is 0.273 e. The Kier molecular flexibility index (Phi) is 5.67. The van der Waals surface area contributed by atoms with E-state index in [0.29, 0.717) is 51.4 Å². The van der Waals surface area contributed by atoms with Gasteiger partial charge in [-0.1, -0.05) is 17.7 Å². The Morgan fingerprint density at radius 2 is 2.06 bits per heavy atom. The molecule has 0 spiro atoms. The van der Waals surface area contributed by atoms with Crippen LogP contribution in [0, 0.1) is 0 Å². The van der Waals surface area contributed by atoms with E-state index >= 15 is 0 Å². The fourth-order valence-electron chi connectivity index (χ4n) is 4.31. The number of aromatic hydroxyl groups is 1. The van der Waals surface area contributed by atoms with Crippen LogP contribution in [0.1, 0.15) is 40.3 Å². The fraction of sp³-hybridized carbons (Fsp3) is 0.200. The number of nitrogens with zero attached hydrogens (tertiary/aromatic N) is 2. The summed E-state index contributed by atoms with van der Waals surface area (Å²) in [5.74, 6) is 1.58. The average molecular weight is 480 g/mol. The number of hydrogen-bond donors (Lipinski definition) is 2. The molecule has 2 aromatic carbocycles. The Balaban J connectivity index is 1.68. The summed E-state index contributed by atoms with van der Waals surface area (Å²) >= 11 is 6.21. The molecule has 34 heavy (non-hydrogen) atoms. The Hall–Kier alpha value is -3.91. The van der Waals surface area contributed by atoms with Crippen LogP contribution in [0.2, 0.25) is 5.02 Å². The highest BCUT2D eigenvalue weighted by Gasteiger charge is 2.43. The van der Waals surface area contributed by atoms with E-state index in [4.69, 9.17) is 25.5 Å². The van der Waals surface area contributed by atoms with Crippen LogP contribution in [0.5, 0.6) is 17.2 Å². The van der Waals surface area contributed by atoms with Crippen LogP contribution in [0.25, 0.3) is 11.3 Å². The van der Waals surface area contributed by atoms with E-state index in [9.17, 15) is 9.90 Å². The van der Waals surface area contributed by atoms with Gasteiger partial charge in [-0.2, -0.15) is 5.10 Å². The molecule has 174 valence electrons. The van der Waals surface area contributed by atoms with Crippen LogP contribution in [0.15, 0.2) is 59.2 Å². The van der Waals surface area contributed by atoms with Gasteiger partial charge in [0.25, 0.3) is 5.91 Å². The van der Waals surface area contributed by atoms with Gasteiger partial charge < -0.3 is 23.9 Å². The molecule has 0 bridgehead atoms. The molecule has 4 aromatic rings. The first-order valence-corrected chi connectivity index (χ1v) is 11.1. The van der Waals surface area contributed by atoms with Crippen molar-refractivity contribution in [3.8, 4) is 28.5 Å². The van der Waals surface area contributed by atoms with Crippen molar-refractivity contribution in [1.82, 2.24) is 15.1 Å². The Morgan fingerprint density at radius 3 is 2.79 bits per heavy atom. The highest BCUT2D eigenvalue weighted by molar-refractivity contribution is 6.31. The number of phenolic OH excluding ortho intramolecular Hbond substituents is 1. The molecule has 0 saturated heterocycles. The second-order valence-corrected chi connectivity index (χ2v) is 8.22. The van der Waals surface area contributed by atoms with Crippen molar-refractivity contribution >= 4 is 17.5 Å². The molecule has 0 aliphatic carbocycles. The number of aromatic amines is 1. The zero-order valence-corrected chi connectivity index (χ0v) is 19.3. The monoisotopic (exact) mass is 479 g/mol. The number of rotatable bonds is 7. The minimum Gasteiger partial charge on any atom is -0.507 e. The molecule has 3 heterocycles. The van der Waals surface area contributed by atoms with E-state index in [1.807, 2.05) is 31.2 Å². The van der Waals surface area contributed by atoms with E-state index in [1.165, 1.54) is 6.07 Å². The van der Waals surface area contributed by atoms with Gasteiger partial charge in [-0.15, -0.1) is 0 Å². The van der Waals surface area contributed by atoms with Crippen LogP contribution >= 0.6 is 11.6 Å². The second kappa shape index (κ2) is 8.79. The number of ether oxygens (including phenoxy) is 2. The van der Waals surface area contributed by atoms with Crippen LogP contribution in [-0.2, 0) is 6.54 Å². The largest absolute Gasteiger partial charge is 0.507 e. The molecule has 2 N–H and O–H groups in total. The molecule has 0 saturated carbocycles. The Bertz CT molecular complexity index is 1350. The SMILES string of the molecule is CCOc1ccc(C2c3c(-c4cc(Cl)ccc4O)n[nH]c3C(=O)N2Cc2ccco2)cc1OC. The summed E-state index contributed by atoms with van der Waals surface area (Å²) < 4.78 is 16.8. The van der Waals surface area contributed by atoms with Gasteiger partial charge in [0.1, 0.15) is 22.9 Å². The summed E-state index contributed by atoms with van der Waals surface area (Å²) in [5.41, 5.74) is 2.66. The number of nitrogens with one attached hydrogen (secondary N) is 1. The number of carbonyl (C=O) groups is 1. The van der Waals surface area contributed by atoms with Crippen molar-refractivity contribution in [2.24, 2.45) is 0 Å². The fourth-order valence-corrected chi connectivity index (χ4v) is 4.48. The predicted octanol–water partition coefficient (Wildman–Crippen LogP) is 5.18. The van der Waals surface area contributed by atoms with Crippen molar-refractivity contribution in [3.05, 3.63) is 82.4 Å². The zero-order chi connectivity index (χ0) is 23.8. The highest BCUT2D eigenvalue weighted by atomic mass is 35.5. The molecule has 1 aliphatic heterocycles. The standard InChI is InChI=1S/C25H22ClN3O5/c1-3-33-19-9-6-14(11-20(19)32-2)24-21-22(17-12-15(26)7-8-18(17)30)27-28-23(21)25(31)29(24)13-16-5-4-10-34-16/h4-12,24,30H,3,13H2,1-2H3,(H,27,28). The number of H-pyrrole nitrogens is 1. The molecule has 9 heteroatoms. The summed E-state index contributed by atoms with van der Waals surface area (Å²) in [5, 5.41) is 18.2. The second-order valence-electron chi connectivity index (χ2n) is 7.78. The summed E-state index contributed by atoms with van der Waals surface area (Å²) in [6.45, 7) is 2.64. The quantitative estimate of drug-likeness (QED) is 0.378. The molecule has 0 fully saturated rings. The number of fused-ring (bicyclic) bond motifs is 1. The molecule has 2 aromatic heterocycles. The minimum absolute atomic E-state index is 0.0126. The lowest BCUT2D eigenvalue weighted by molar-refractivity contribution is 0.0717. The van der Waals surface area contributed by atoms with Gasteiger partial charge in [-0.25, -0.2) is 0 Å². The third-order valence-electron chi connectivity index (χ3n) is 5.79. The number of furan rings is 1. The zero-order valence-electron chi connectivity index (χ0n) is 18.5. The number of amides is 1. The summed E-state index contributed by atoms with van der Waals surface area (Å²) in [6.07, 6.45) is 1.57. The predicted molar refractivity (Wildman–Crippen MR) is 125 cm³/mol. The van der Waals surface area contributed by atoms with Gasteiger partial charge in [-0.05, 0) is 55.0 Å². The number of aromatic nitrogens is 2. The first kappa shape index (κ1) is 21.9. The molecule has 1 unspecified atom stereocenters. The van der Waals surface area contributed by atoms with Gasteiger partial charge >= 0.3 is 0 Å². The van der Waals surface area contributed by atoms with Crippen molar-refractivity contribution in [1.29, 1.82) is 0 Å². The lowest BCUT2D eigenvalue weighted by Crippen LogP contribution is -2.29. The highest BCUT2D eigenvalue weighted by Crippen LogP contribution is 2.46. The normalized spacial score (nSPS) is 15.0. The molecule has 5 rings (SSSR count). The van der Waals surface area contributed by atoms with Crippen LogP contribution in [-0.4, -0.2) is 39.8 Å². The number of halogens is 1. The van der Waals surface area contributed by atoms with Gasteiger partial charge in [0, 0.05) is 16.1 Å². The molecule has 1 atom stereocenters. The van der Waals surface area contributed by atoms with Gasteiger partial charge in [0.15, 0.2) is 11.5 Å². The smallest absolute Gasteiger partial charge is 0.273 e. The van der Waals surface area contributed by atoms with E-state index in [2.05, 4.69) is 10.2 Å². The lowest BCUT2D eigenvalue weighted by atomic mass is 9.95. The Morgan fingerprint density at radius 1 is 1.21 bits per heavy atom. The van der Waals surface area contributed by atoms with Crippen molar-refractivity contribution in [2.45, 2.75) is 19.5 Å². The molecule has 1 aliphatic rings. The van der Waals surface area contributed by atoms with E-state index in [-0.39, 0.29) is 18.2 Å². The third-order valence-corrected chi connectivity index (χ3v) is 6.02. The van der Waals surface area contributed by atoms with Crippen LogP contribution in [0.4, 0.5) is 0 Å². The lowest BCUT2D eigenvalue weighted by Gasteiger charge is -2.26. The number of carbonyl (C=O) groups excluding carboxylic acids is 1. The summed E-state index contributed by atoms with van der Waals surface area (Å²) in [4.78, 5) is 15.2. The van der Waals surface area contributed by atoms with Gasteiger partial charge in [0.2, 0.25) is 0 Å². The molecule has 8 nitrogen and oxygen atoms in total. The first-order chi connectivity index (χ1) is 16.5. The van der Waals surface area contributed by atoms with E-state index in [0.717, 1.165) is 5.56 Å². The van der Waals surface area contributed by atoms with Crippen molar-refractivity contribution < 1.29 is 23.8 Å². The number of phenols is 1. The maximum absolute atomic E-state index is 13.5. The van der Waals surface area contributed by atoms with Crippen molar-refractivity contribution in [3.63, 3.8) is 0 Å². The molecular weight excluding hydrogens is 458 g/mol. The average Bonchev–Trinajstić information content (AvgIpc) is 3.56. The molecule has 1 amide bonds. The van der Waals surface area contributed by atoms with E-state index in [1.54, 1.807) is 36.5 Å². The maximum atomic E-state index is 13.5. The Labute approximate surface area is 200 Å². The van der Waals surface area contributed by atoms with Crippen LogP contribution < -0.4 is 9.47 Å². The number of benzene rings is 2. The summed E-state index contributed by atoms with van der Waals surface area (Å²) in [6, 6.07) is 13.4. The van der Waals surface area contributed by atoms with Gasteiger partial charge in [-0.3, -0.25) is 9.89 Å². The topological polar surface area (TPSA) is 101 Å². The number of hydrogen-bond acceptors (Lipinski definition) is 6.